The molecule has 0 saturated carbocycles. The topological polar surface area (TPSA) is 42.4 Å². The van der Waals surface area contributed by atoms with Gasteiger partial charge in [-0.1, -0.05) is 12.2 Å². The van der Waals surface area contributed by atoms with Crippen LogP contribution in [0.25, 0.3) is 0 Å². The third kappa shape index (κ3) is 3.82. The lowest BCUT2D eigenvalue weighted by Gasteiger charge is -2.34. The molecule has 0 bridgehead atoms. The van der Waals surface area contributed by atoms with E-state index in [9.17, 15) is 4.79 Å². The number of ether oxygens (including phenoxy) is 1. The standard InChI is InChI=1S/C15H19BrN2O2/c1-15(2,3)20-14(19)18-7-5-4-6-13(18)11-8-12(16)10-17-9-11/h4-5,8-10,13H,6-7H2,1-3H3. The second-order valence-electron chi connectivity index (χ2n) is 5.79. The number of carbonyl (C=O) groups excluding carboxylic acids is 1. The summed E-state index contributed by atoms with van der Waals surface area (Å²) >= 11 is 3.42. The summed E-state index contributed by atoms with van der Waals surface area (Å²) in [5.41, 5.74) is 0.521. The summed E-state index contributed by atoms with van der Waals surface area (Å²) in [7, 11) is 0. The van der Waals surface area contributed by atoms with Crippen molar-refractivity contribution >= 4 is 22.0 Å². The summed E-state index contributed by atoms with van der Waals surface area (Å²) in [6.45, 7) is 6.19. The van der Waals surface area contributed by atoms with Crippen molar-refractivity contribution in [2.24, 2.45) is 0 Å². The lowest BCUT2D eigenvalue weighted by Crippen LogP contribution is -2.40. The van der Waals surface area contributed by atoms with Crippen LogP contribution >= 0.6 is 15.9 Å². The molecule has 0 spiro atoms. The smallest absolute Gasteiger partial charge is 0.411 e. The van der Waals surface area contributed by atoms with Gasteiger partial charge in [0.25, 0.3) is 0 Å². The average molecular weight is 339 g/mol. The minimum absolute atomic E-state index is 0.0279. The van der Waals surface area contributed by atoms with Gasteiger partial charge < -0.3 is 4.74 Å². The summed E-state index contributed by atoms with van der Waals surface area (Å²) in [6, 6.07) is 1.97. The molecule has 20 heavy (non-hydrogen) atoms. The van der Waals surface area contributed by atoms with Crippen LogP contribution in [0.3, 0.4) is 0 Å². The van der Waals surface area contributed by atoms with E-state index in [1.54, 1.807) is 17.3 Å². The summed E-state index contributed by atoms with van der Waals surface area (Å²) in [5.74, 6) is 0. The molecule has 0 N–H and O–H groups in total. The third-order valence-corrected chi connectivity index (χ3v) is 3.38. The van der Waals surface area contributed by atoms with Gasteiger partial charge in [-0.3, -0.25) is 9.88 Å². The summed E-state index contributed by atoms with van der Waals surface area (Å²) in [5, 5.41) is 0. The molecule has 1 amide bonds. The Labute approximate surface area is 128 Å². The normalized spacial score (nSPS) is 19.0. The summed E-state index contributed by atoms with van der Waals surface area (Å²) < 4.78 is 6.39. The highest BCUT2D eigenvalue weighted by Gasteiger charge is 2.29. The Hall–Kier alpha value is -1.36. The second-order valence-corrected chi connectivity index (χ2v) is 6.71. The van der Waals surface area contributed by atoms with E-state index < -0.39 is 5.60 Å². The maximum atomic E-state index is 12.3. The Bertz CT molecular complexity index is 523. The molecule has 1 aromatic heterocycles. The number of amides is 1. The molecule has 1 aromatic rings. The molecule has 1 unspecified atom stereocenters. The Kier molecular flexibility index (Phi) is 4.48. The first-order chi connectivity index (χ1) is 9.37. The largest absolute Gasteiger partial charge is 0.444 e. The van der Waals surface area contributed by atoms with Crippen molar-refractivity contribution in [3.05, 3.63) is 40.6 Å². The number of rotatable bonds is 1. The maximum absolute atomic E-state index is 12.3. The van der Waals surface area contributed by atoms with Crippen molar-refractivity contribution in [2.75, 3.05) is 6.54 Å². The molecule has 1 atom stereocenters. The molecule has 0 aromatic carbocycles. The van der Waals surface area contributed by atoms with E-state index in [1.807, 2.05) is 32.9 Å². The van der Waals surface area contributed by atoms with Crippen LogP contribution in [0, 0.1) is 0 Å². The predicted molar refractivity (Wildman–Crippen MR) is 81.4 cm³/mol. The van der Waals surface area contributed by atoms with E-state index >= 15 is 0 Å². The number of nitrogens with zero attached hydrogens (tertiary/aromatic N) is 2. The van der Waals surface area contributed by atoms with E-state index in [-0.39, 0.29) is 12.1 Å². The Morgan fingerprint density at radius 3 is 2.80 bits per heavy atom. The molecule has 5 heteroatoms. The van der Waals surface area contributed by atoms with Crippen LogP contribution in [0.5, 0.6) is 0 Å². The molecule has 0 radical (unpaired) electrons. The van der Waals surface area contributed by atoms with Gasteiger partial charge in [0.05, 0.1) is 6.04 Å². The molecule has 2 rings (SSSR count). The highest BCUT2D eigenvalue weighted by Crippen LogP contribution is 2.30. The molecule has 0 aliphatic carbocycles. The minimum Gasteiger partial charge on any atom is -0.444 e. The first-order valence-electron chi connectivity index (χ1n) is 6.62. The van der Waals surface area contributed by atoms with E-state index in [4.69, 9.17) is 4.74 Å². The number of halogens is 1. The van der Waals surface area contributed by atoms with Crippen LogP contribution in [0.15, 0.2) is 35.1 Å². The van der Waals surface area contributed by atoms with Crippen molar-refractivity contribution in [1.82, 2.24) is 9.88 Å². The summed E-state index contributed by atoms with van der Waals surface area (Å²) in [6.07, 6.45) is 8.11. The lowest BCUT2D eigenvalue weighted by molar-refractivity contribution is 0.0175. The molecule has 1 aliphatic rings. The highest BCUT2D eigenvalue weighted by molar-refractivity contribution is 9.10. The quantitative estimate of drug-likeness (QED) is 0.724. The van der Waals surface area contributed by atoms with Gasteiger partial charge >= 0.3 is 6.09 Å². The highest BCUT2D eigenvalue weighted by atomic mass is 79.9. The lowest BCUT2D eigenvalue weighted by atomic mass is 10.0. The summed E-state index contributed by atoms with van der Waals surface area (Å²) in [4.78, 5) is 18.2. The average Bonchev–Trinajstić information content (AvgIpc) is 2.37. The van der Waals surface area contributed by atoms with Crippen molar-refractivity contribution in [2.45, 2.75) is 38.8 Å². The van der Waals surface area contributed by atoms with Gasteiger partial charge in [-0.15, -0.1) is 0 Å². The third-order valence-electron chi connectivity index (χ3n) is 2.94. The van der Waals surface area contributed by atoms with Gasteiger partial charge in [0.2, 0.25) is 0 Å². The van der Waals surface area contributed by atoms with Crippen LogP contribution in [0.4, 0.5) is 4.79 Å². The van der Waals surface area contributed by atoms with Crippen LogP contribution in [-0.4, -0.2) is 28.1 Å². The number of aromatic nitrogens is 1. The zero-order valence-corrected chi connectivity index (χ0v) is 13.6. The minimum atomic E-state index is -0.488. The van der Waals surface area contributed by atoms with Gasteiger partial charge in [-0.05, 0) is 54.8 Å². The maximum Gasteiger partial charge on any atom is 0.411 e. The Morgan fingerprint density at radius 2 is 2.15 bits per heavy atom. The van der Waals surface area contributed by atoms with Gasteiger partial charge in [0.1, 0.15) is 5.60 Å². The van der Waals surface area contributed by atoms with E-state index in [2.05, 4.69) is 27.0 Å². The fourth-order valence-corrected chi connectivity index (χ4v) is 2.50. The Balaban J connectivity index is 2.22. The SMILES string of the molecule is CC(C)(C)OC(=O)N1CC=CCC1c1cncc(Br)c1. The predicted octanol–water partition coefficient (Wildman–Crippen LogP) is 4.08. The number of hydrogen-bond donors (Lipinski definition) is 0. The van der Waals surface area contributed by atoms with Crippen LogP contribution in [0.1, 0.15) is 38.8 Å². The van der Waals surface area contributed by atoms with Gasteiger partial charge in [0, 0.05) is 23.4 Å². The van der Waals surface area contributed by atoms with E-state index in [0.29, 0.717) is 6.54 Å². The molecular weight excluding hydrogens is 320 g/mol. The molecule has 1 aliphatic heterocycles. The van der Waals surface area contributed by atoms with Crippen LogP contribution < -0.4 is 0 Å². The van der Waals surface area contributed by atoms with Gasteiger partial charge in [-0.2, -0.15) is 0 Å². The first-order valence-corrected chi connectivity index (χ1v) is 7.41. The molecular formula is C15H19BrN2O2. The molecule has 0 saturated heterocycles. The zero-order valence-electron chi connectivity index (χ0n) is 12.0. The molecule has 108 valence electrons. The van der Waals surface area contributed by atoms with Crippen molar-refractivity contribution in [3.8, 4) is 0 Å². The molecule has 4 nitrogen and oxygen atoms in total. The first kappa shape index (κ1) is 15.0. The van der Waals surface area contributed by atoms with Crippen molar-refractivity contribution in [3.63, 3.8) is 0 Å². The number of carbonyl (C=O) groups is 1. The fourth-order valence-electron chi connectivity index (χ4n) is 2.12. The molecule has 0 fully saturated rings. The van der Waals surface area contributed by atoms with Gasteiger partial charge in [-0.25, -0.2) is 4.79 Å². The Morgan fingerprint density at radius 1 is 1.40 bits per heavy atom. The fraction of sp³-hybridized carbons (Fsp3) is 0.467. The van der Waals surface area contributed by atoms with Crippen LogP contribution in [0.2, 0.25) is 0 Å². The van der Waals surface area contributed by atoms with Gasteiger partial charge in [0.15, 0.2) is 0 Å². The van der Waals surface area contributed by atoms with E-state index in [1.165, 1.54) is 0 Å². The van der Waals surface area contributed by atoms with Crippen molar-refractivity contribution < 1.29 is 9.53 Å². The monoisotopic (exact) mass is 338 g/mol. The van der Waals surface area contributed by atoms with Crippen molar-refractivity contribution in [1.29, 1.82) is 0 Å². The zero-order chi connectivity index (χ0) is 14.8. The molecule has 2 heterocycles. The van der Waals surface area contributed by atoms with Crippen LogP contribution in [-0.2, 0) is 4.74 Å². The number of pyridine rings is 1. The van der Waals surface area contributed by atoms with E-state index in [0.717, 1.165) is 16.5 Å². The number of hydrogen-bond acceptors (Lipinski definition) is 3. The second kappa shape index (κ2) is 5.95.